The second-order valence-corrected chi connectivity index (χ2v) is 12.7. The summed E-state index contributed by atoms with van der Waals surface area (Å²) in [6, 6.07) is 24.1. The van der Waals surface area contributed by atoms with Crippen LogP contribution in [0.15, 0.2) is 72.8 Å². The van der Waals surface area contributed by atoms with E-state index in [0.717, 1.165) is 65.9 Å². The highest BCUT2D eigenvalue weighted by molar-refractivity contribution is 5.78. The maximum atomic E-state index is 12.3. The molecule has 2 amide bonds. The van der Waals surface area contributed by atoms with Crippen LogP contribution >= 0.6 is 0 Å². The van der Waals surface area contributed by atoms with Crippen LogP contribution in [0.3, 0.4) is 0 Å². The monoisotopic (exact) mass is 659 g/mol. The molecule has 3 aliphatic heterocycles. The van der Waals surface area contributed by atoms with Gasteiger partial charge in [0.15, 0.2) is 12.1 Å². The predicted molar refractivity (Wildman–Crippen MR) is 176 cm³/mol. The Bertz CT molecular complexity index is 1520. The molecule has 3 atom stereocenters. The molecule has 4 N–H and O–H groups in total. The number of nitrogens with one attached hydrogen (secondary N) is 2. The average molecular weight is 660 g/mol. The number of aliphatic hydroxyl groups excluding tert-OH is 1. The Morgan fingerprint density at radius 3 is 2.27 bits per heavy atom. The van der Waals surface area contributed by atoms with E-state index in [4.69, 9.17) is 24.2 Å². The van der Waals surface area contributed by atoms with Crippen molar-refractivity contribution in [1.82, 2.24) is 15.7 Å². The minimum Gasteiger partial charge on any atom is -0.392 e. The molecule has 11 nitrogen and oxygen atoms in total. The number of piperidine rings is 1. The fourth-order valence-corrected chi connectivity index (χ4v) is 6.66. The van der Waals surface area contributed by atoms with E-state index in [-0.39, 0.29) is 37.6 Å². The van der Waals surface area contributed by atoms with Gasteiger partial charge in [0.1, 0.15) is 0 Å². The van der Waals surface area contributed by atoms with Crippen molar-refractivity contribution in [3.63, 3.8) is 0 Å². The van der Waals surface area contributed by atoms with Crippen LogP contribution in [0.25, 0.3) is 11.1 Å². The van der Waals surface area contributed by atoms with E-state index in [1.54, 1.807) is 5.48 Å². The van der Waals surface area contributed by atoms with Gasteiger partial charge in [0.2, 0.25) is 11.8 Å². The quantitative estimate of drug-likeness (QED) is 0.163. The average Bonchev–Trinajstić information content (AvgIpc) is 3.59. The zero-order valence-electron chi connectivity index (χ0n) is 27.1. The van der Waals surface area contributed by atoms with Crippen molar-refractivity contribution in [2.75, 3.05) is 32.8 Å². The molecule has 3 aliphatic rings. The fourth-order valence-electron chi connectivity index (χ4n) is 6.66. The maximum Gasteiger partial charge on any atom is 0.243 e. The number of hydrogen-bond donors (Lipinski definition) is 4. The number of carbonyl (C=O) groups is 2. The molecule has 3 fully saturated rings. The van der Waals surface area contributed by atoms with E-state index < -0.39 is 18.0 Å². The molecule has 3 aromatic carbocycles. The molecule has 1 spiro atoms. The molecular weight excluding hydrogens is 614 g/mol. The molecule has 0 radical (unpaired) electrons. The zero-order chi connectivity index (χ0) is 33.3. The van der Waals surface area contributed by atoms with E-state index in [9.17, 15) is 14.7 Å². The molecule has 256 valence electrons. The molecule has 3 aromatic rings. The minimum atomic E-state index is -0.570. The number of nitrogens with zero attached hydrogens (tertiary/aromatic N) is 1. The lowest BCUT2D eigenvalue weighted by molar-refractivity contribution is -0.255. The van der Waals surface area contributed by atoms with Gasteiger partial charge in [-0.2, -0.15) is 0 Å². The van der Waals surface area contributed by atoms with Crippen LogP contribution in [0, 0.1) is 0 Å². The first-order valence-corrected chi connectivity index (χ1v) is 16.8. The lowest BCUT2D eigenvalue weighted by Crippen LogP contribution is -2.48. The van der Waals surface area contributed by atoms with Crippen molar-refractivity contribution < 1.29 is 38.9 Å². The van der Waals surface area contributed by atoms with E-state index in [2.05, 4.69) is 28.4 Å². The fraction of sp³-hybridized carbons (Fsp3) is 0.459. The Balaban J connectivity index is 1.14. The lowest BCUT2D eigenvalue weighted by Gasteiger charge is -2.41. The van der Waals surface area contributed by atoms with Crippen molar-refractivity contribution in [1.29, 1.82) is 0 Å². The van der Waals surface area contributed by atoms with Gasteiger partial charge in [-0.15, -0.1) is 0 Å². The maximum absolute atomic E-state index is 12.3. The van der Waals surface area contributed by atoms with Crippen molar-refractivity contribution in [2.24, 2.45) is 0 Å². The van der Waals surface area contributed by atoms with E-state index in [1.807, 2.05) is 54.6 Å². The summed E-state index contributed by atoms with van der Waals surface area (Å²) >= 11 is 0. The zero-order valence-corrected chi connectivity index (χ0v) is 27.1. The number of ether oxygens (including phenoxy) is 4. The Kier molecular flexibility index (Phi) is 11.5. The first-order valence-electron chi connectivity index (χ1n) is 16.8. The van der Waals surface area contributed by atoms with Crippen LogP contribution < -0.4 is 10.8 Å². The molecule has 0 unspecified atom stereocenters. The summed E-state index contributed by atoms with van der Waals surface area (Å²) in [4.78, 5) is 25.9. The SMILES string of the molecule is O=C(CCCC(=O)NCc1cccc(-c2cccc([C@@H]3O[C@H](CN4CCC5(CC4)OCCO5)C[C@H](c4ccc(CO)cc4)O3)c2)c1)NO. The number of benzene rings is 3. The summed E-state index contributed by atoms with van der Waals surface area (Å²) in [6.07, 6.45) is 2.25. The van der Waals surface area contributed by atoms with Crippen LogP contribution in [-0.4, -0.2) is 71.8 Å². The van der Waals surface area contributed by atoms with Gasteiger partial charge in [0, 0.05) is 63.8 Å². The van der Waals surface area contributed by atoms with Gasteiger partial charge < -0.3 is 34.3 Å². The summed E-state index contributed by atoms with van der Waals surface area (Å²) < 4.78 is 25.2. The minimum absolute atomic E-state index is 0.00405. The van der Waals surface area contributed by atoms with Gasteiger partial charge in [-0.1, -0.05) is 60.7 Å². The summed E-state index contributed by atoms with van der Waals surface area (Å²) in [5, 5.41) is 21.1. The first kappa shape index (κ1) is 34.2. The highest BCUT2D eigenvalue weighted by atomic mass is 16.7. The first-order chi connectivity index (χ1) is 23.4. The van der Waals surface area contributed by atoms with Crippen LogP contribution in [0.1, 0.15) is 73.2 Å². The molecule has 0 aliphatic carbocycles. The number of carbonyl (C=O) groups excluding carboxylic acids is 2. The lowest BCUT2D eigenvalue weighted by atomic mass is 9.97. The van der Waals surface area contributed by atoms with Crippen LogP contribution in [0.5, 0.6) is 0 Å². The molecule has 48 heavy (non-hydrogen) atoms. The summed E-state index contributed by atoms with van der Waals surface area (Å²) in [5.41, 5.74) is 7.38. The molecule has 0 aromatic heterocycles. The van der Waals surface area contributed by atoms with Crippen LogP contribution in [0.2, 0.25) is 0 Å². The third kappa shape index (κ3) is 8.86. The Morgan fingerprint density at radius 2 is 1.54 bits per heavy atom. The van der Waals surface area contributed by atoms with Crippen LogP contribution in [0.4, 0.5) is 0 Å². The number of amides is 2. The van der Waals surface area contributed by atoms with Gasteiger partial charge in [0.25, 0.3) is 0 Å². The van der Waals surface area contributed by atoms with Gasteiger partial charge in [-0.25, -0.2) is 5.48 Å². The van der Waals surface area contributed by atoms with Gasteiger partial charge in [-0.05, 0) is 46.4 Å². The van der Waals surface area contributed by atoms with E-state index in [0.29, 0.717) is 32.6 Å². The number of likely N-dealkylation sites (tertiary alicyclic amines) is 1. The molecule has 6 rings (SSSR count). The van der Waals surface area contributed by atoms with Crippen molar-refractivity contribution in [3.8, 4) is 11.1 Å². The van der Waals surface area contributed by atoms with E-state index in [1.165, 1.54) is 0 Å². The smallest absolute Gasteiger partial charge is 0.243 e. The summed E-state index contributed by atoms with van der Waals surface area (Å²) in [5.74, 6) is -1.08. The third-order valence-corrected chi connectivity index (χ3v) is 9.35. The second-order valence-electron chi connectivity index (χ2n) is 12.7. The Morgan fingerprint density at radius 1 is 0.833 bits per heavy atom. The van der Waals surface area contributed by atoms with Gasteiger partial charge in [-0.3, -0.25) is 14.8 Å². The third-order valence-electron chi connectivity index (χ3n) is 9.35. The Hall–Kier alpha value is -3.68. The van der Waals surface area contributed by atoms with Crippen molar-refractivity contribution >= 4 is 11.8 Å². The van der Waals surface area contributed by atoms with E-state index >= 15 is 0 Å². The Labute approximate surface area is 281 Å². The highest BCUT2D eigenvalue weighted by Gasteiger charge is 2.41. The predicted octanol–water partition coefficient (Wildman–Crippen LogP) is 4.52. The molecule has 3 heterocycles. The molecule has 3 saturated heterocycles. The topological polar surface area (TPSA) is 139 Å². The normalized spacial score (nSPS) is 22.4. The number of rotatable bonds is 12. The molecule has 11 heteroatoms. The molecule has 0 bridgehead atoms. The standard InChI is InChI=1S/C37H45N3O8/c41-25-26-10-12-28(13-11-26)33-22-32(24-40-16-14-37(15-17-40)45-18-19-46-37)47-36(48-33)31-7-2-6-30(21-31)29-5-1-4-27(20-29)23-38-34(42)8-3-9-35(43)39-44/h1-2,4-7,10-13,20-21,32-33,36,41,44H,3,8-9,14-19,22-25H2,(H,38,42)(H,39,43)/t32-,33+,36+/m0/s1. The largest absolute Gasteiger partial charge is 0.392 e. The molecular formula is C37H45N3O8. The molecule has 0 saturated carbocycles. The summed E-state index contributed by atoms with van der Waals surface area (Å²) in [7, 11) is 0. The highest BCUT2D eigenvalue weighted by Crippen LogP contribution is 2.40. The van der Waals surface area contributed by atoms with Crippen molar-refractivity contribution in [2.45, 2.75) is 76.0 Å². The van der Waals surface area contributed by atoms with Gasteiger partial charge in [0.05, 0.1) is 32.0 Å². The number of hydrogen-bond acceptors (Lipinski definition) is 9. The van der Waals surface area contributed by atoms with Gasteiger partial charge >= 0.3 is 0 Å². The second kappa shape index (κ2) is 16.1. The van der Waals surface area contributed by atoms with Crippen LogP contribution in [-0.2, 0) is 41.7 Å². The number of aliphatic hydroxyl groups is 1. The number of hydroxylamine groups is 1. The summed E-state index contributed by atoms with van der Waals surface area (Å²) in [6.45, 7) is 4.23. The van der Waals surface area contributed by atoms with Crippen molar-refractivity contribution in [3.05, 3.63) is 95.1 Å².